The fraction of sp³-hybridized carbons (Fsp3) is 0.533. The first kappa shape index (κ1) is 12.9. The second-order valence-corrected chi connectivity index (χ2v) is 4.95. The van der Waals surface area contributed by atoms with Crippen LogP contribution in [0.3, 0.4) is 0 Å². The Balaban J connectivity index is 1.84. The summed E-state index contributed by atoms with van der Waals surface area (Å²) in [5.41, 5.74) is 1.34. The Hall–Kier alpha value is -1.51. The molecule has 18 heavy (non-hydrogen) atoms. The minimum Gasteiger partial charge on any atom is -0.497 e. The molecule has 0 aliphatic carbocycles. The SMILES string of the molecule is COc1ccc(CCC2CCCCC(=N)N2)cc1. The molecule has 1 aromatic carbocycles. The molecule has 2 rings (SSSR count). The molecular formula is C15H22N2O. The largest absolute Gasteiger partial charge is 0.497 e. The van der Waals surface area contributed by atoms with Gasteiger partial charge in [0.2, 0.25) is 0 Å². The van der Waals surface area contributed by atoms with Crippen molar-refractivity contribution in [2.75, 3.05) is 7.11 Å². The van der Waals surface area contributed by atoms with Gasteiger partial charge in [0, 0.05) is 12.5 Å². The van der Waals surface area contributed by atoms with Crippen LogP contribution in [0.2, 0.25) is 0 Å². The van der Waals surface area contributed by atoms with Gasteiger partial charge in [0.15, 0.2) is 0 Å². The van der Waals surface area contributed by atoms with Gasteiger partial charge in [0.05, 0.1) is 12.9 Å². The fourth-order valence-electron chi connectivity index (χ4n) is 2.43. The van der Waals surface area contributed by atoms with Crippen LogP contribution >= 0.6 is 0 Å². The molecule has 0 bridgehead atoms. The number of ether oxygens (including phenoxy) is 1. The monoisotopic (exact) mass is 246 g/mol. The first-order valence-electron chi connectivity index (χ1n) is 6.75. The van der Waals surface area contributed by atoms with Crippen LogP contribution in [0, 0.1) is 5.41 Å². The Kier molecular flexibility index (Phi) is 4.62. The van der Waals surface area contributed by atoms with Crippen LogP contribution in [0.25, 0.3) is 0 Å². The molecule has 1 aliphatic rings. The van der Waals surface area contributed by atoms with E-state index in [2.05, 4.69) is 17.4 Å². The second kappa shape index (κ2) is 6.43. The van der Waals surface area contributed by atoms with Crippen molar-refractivity contribution in [2.24, 2.45) is 0 Å². The van der Waals surface area contributed by atoms with E-state index < -0.39 is 0 Å². The molecule has 2 N–H and O–H groups in total. The molecule has 3 heteroatoms. The average Bonchev–Trinajstić information content (AvgIpc) is 2.61. The summed E-state index contributed by atoms with van der Waals surface area (Å²) in [7, 11) is 1.69. The van der Waals surface area contributed by atoms with E-state index in [1.807, 2.05) is 12.1 Å². The van der Waals surface area contributed by atoms with Crippen molar-refractivity contribution in [1.82, 2.24) is 5.32 Å². The Morgan fingerprint density at radius 2 is 2.06 bits per heavy atom. The molecule has 0 spiro atoms. The van der Waals surface area contributed by atoms with Crippen LogP contribution < -0.4 is 10.1 Å². The summed E-state index contributed by atoms with van der Waals surface area (Å²) in [6.07, 6.45) is 6.68. The number of rotatable bonds is 4. The zero-order chi connectivity index (χ0) is 12.8. The highest BCUT2D eigenvalue weighted by molar-refractivity contribution is 5.79. The second-order valence-electron chi connectivity index (χ2n) is 4.95. The van der Waals surface area contributed by atoms with E-state index >= 15 is 0 Å². The van der Waals surface area contributed by atoms with Gasteiger partial charge in [-0.25, -0.2) is 0 Å². The number of amidine groups is 1. The molecular weight excluding hydrogens is 224 g/mol. The van der Waals surface area contributed by atoms with Gasteiger partial charge in [0.25, 0.3) is 0 Å². The molecule has 3 nitrogen and oxygen atoms in total. The molecule has 1 aromatic rings. The number of aryl methyl sites for hydroxylation is 1. The molecule has 1 aliphatic heterocycles. The molecule has 1 heterocycles. The number of nitrogens with one attached hydrogen (secondary N) is 2. The molecule has 0 aromatic heterocycles. The van der Waals surface area contributed by atoms with Crippen LogP contribution in [-0.2, 0) is 6.42 Å². The van der Waals surface area contributed by atoms with Gasteiger partial charge in [-0.3, -0.25) is 5.41 Å². The third-order valence-corrected chi connectivity index (χ3v) is 3.55. The number of methoxy groups -OCH3 is 1. The smallest absolute Gasteiger partial charge is 0.118 e. The van der Waals surface area contributed by atoms with Crippen LogP contribution in [0.1, 0.15) is 37.7 Å². The Morgan fingerprint density at radius 1 is 1.28 bits per heavy atom. The molecule has 0 radical (unpaired) electrons. The lowest BCUT2D eigenvalue weighted by molar-refractivity contribution is 0.414. The summed E-state index contributed by atoms with van der Waals surface area (Å²) in [6.45, 7) is 0. The summed E-state index contributed by atoms with van der Waals surface area (Å²) >= 11 is 0. The predicted octanol–water partition coefficient (Wildman–Crippen LogP) is 3.14. The lowest BCUT2D eigenvalue weighted by atomic mass is 10.0. The zero-order valence-electron chi connectivity index (χ0n) is 11.0. The molecule has 0 amide bonds. The summed E-state index contributed by atoms with van der Waals surface area (Å²) < 4.78 is 5.15. The number of hydrogen-bond donors (Lipinski definition) is 2. The van der Waals surface area contributed by atoms with E-state index in [0.29, 0.717) is 11.9 Å². The summed E-state index contributed by atoms with van der Waals surface area (Å²) in [4.78, 5) is 0. The van der Waals surface area contributed by atoms with Gasteiger partial charge in [-0.05, 0) is 43.4 Å². The minimum absolute atomic E-state index is 0.474. The van der Waals surface area contributed by atoms with Crippen LogP contribution in [0.5, 0.6) is 5.75 Å². The Morgan fingerprint density at radius 3 is 2.78 bits per heavy atom. The number of hydrogen-bond acceptors (Lipinski definition) is 2. The van der Waals surface area contributed by atoms with Gasteiger partial charge < -0.3 is 10.1 Å². The minimum atomic E-state index is 0.474. The third-order valence-electron chi connectivity index (χ3n) is 3.55. The van der Waals surface area contributed by atoms with E-state index in [1.165, 1.54) is 18.4 Å². The summed E-state index contributed by atoms with van der Waals surface area (Å²) in [5.74, 6) is 1.63. The van der Waals surface area contributed by atoms with Crippen LogP contribution in [-0.4, -0.2) is 19.0 Å². The Labute approximate surface area is 109 Å². The molecule has 0 saturated carbocycles. The average molecular weight is 246 g/mol. The normalized spacial score (nSPS) is 20.1. The molecule has 1 fully saturated rings. The highest BCUT2D eigenvalue weighted by Gasteiger charge is 2.13. The quantitative estimate of drug-likeness (QED) is 0.857. The maximum absolute atomic E-state index is 7.77. The number of benzene rings is 1. The van der Waals surface area contributed by atoms with E-state index in [9.17, 15) is 0 Å². The van der Waals surface area contributed by atoms with Gasteiger partial charge in [-0.2, -0.15) is 0 Å². The first-order chi connectivity index (χ1) is 8.78. The maximum atomic E-state index is 7.77. The molecule has 1 saturated heterocycles. The lowest BCUT2D eigenvalue weighted by Crippen LogP contribution is -2.32. The highest BCUT2D eigenvalue weighted by atomic mass is 16.5. The van der Waals surface area contributed by atoms with E-state index in [1.54, 1.807) is 7.11 Å². The standard InChI is InChI=1S/C15H22N2O/c1-18-14-10-7-12(8-11-14)6-9-13-4-2-3-5-15(16)17-13/h7-8,10-11,13H,2-6,9H2,1H3,(H2,16,17). The van der Waals surface area contributed by atoms with Crippen molar-refractivity contribution >= 4 is 5.84 Å². The van der Waals surface area contributed by atoms with Crippen LogP contribution in [0.4, 0.5) is 0 Å². The lowest BCUT2D eigenvalue weighted by Gasteiger charge is -2.16. The molecule has 1 atom stereocenters. The fourth-order valence-corrected chi connectivity index (χ4v) is 2.43. The van der Waals surface area contributed by atoms with Gasteiger partial charge in [-0.1, -0.05) is 18.6 Å². The predicted molar refractivity (Wildman–Crippen MR) is 74.4 cm³/mol. The molecule has 1 unspecified atom stereocenters. The molecule has 98 valence electrons. The topological polar surface area (TPSA) is 45.1 Å². The van der Waals surface area contributed by atoms with Crippen molar-refractivity contribution in [2.45, 2.75) is 44.6 Å². The Bertz CT molecular complexity index is 386. The van der Waals surface area contributed by atoms with Gasteiger partial charge in [0.1, 0.15) is 5.75 Å². The van der Waals surface area contributed by atoms with Crippen LogP contribution in [0.15, 0.2) is 24.3 Å². The van der Waals surface area contributed by atoms with Crippen molar-refractivity contribution < 1.29 is 4.74 Å². The van der Waals surface area contributed by atoms with E-state index in [-0.39, 0.29) is 0 Å². The van der Waals surface area contributed by atoms with Crippen molar-refractivity contribution in [3.8, 4) is 5.75 Å². The summed E-state index contributed by atoms with van der Waals surface area (Å²) in [6, 6.07) is 8.75. The van der Waals surface area contributed by atoms with Crippen molar-refractivity contribution in [3.05, 3.63) is 29.8 Å². The first-order valence-corrected chi connectivity index (χ1v) is 6.75. The maximum Gasteiger partial charge on any atom is 0.118 e. The van der Waals surface area contributed by atoms with Crippen molar-refractivity contribution in [3.63, 3.8) is 0 Å². The third kappa shape index (κ3) is 3.76. The summed E-state index contributed by atoms with van der Waals surface area (Å²) in [5, 5.41) is 11.1. The van der Waals surface area contributed by atoms with Gasteiger partial charge >= 0.3 is 0 Å². The van der Waals surface area contributed by atoms with E-state index in [0.717, 1.165) is 31.4 Å². The zero-order valence-corrected chi connectivity index (χ0v) is 11.0. The van der Waals surface area contributed by atoms with Crippen molar-refractivity contribution in [1.29, 1.82) is 5.41 Å². The van der Waals surface area contributed by atoms with Gasteiger partial charge in [-0.15, -0.1) is 0 Å². The highest BCUT2D eigenvalue weighted by Crippen LogP contribution is 2.16. The van der Waals surface area contributed by atoms with E-state index in [4.69, 9.17) is 10.1 Å².